The Morgan fingerprint density at radius 2 is 2.00 bits per heavy atom. The second-order valence-corrected chi connectivity index (χ2v) is 6.57. The number of carbonyl (C=O) groups is 2. The van der Waals surface area contributed by atoms with E-state index >= 15 is 0 Å². The first-order chi connectivity index (χ1) is 12.5. The molecule has 26 heavy (non-hydrogen) atoms. The largest absolute Gasteiger partial charge is 0.496 e. The number of imide groups is 1. The SMILES string of the molecule is COc1cc(Oc2cccc(N3C(=O)NC4(CCC4)C3=O)n2)ccc1C. The van der Waals surface area contributed by atoms with Crippen LogP contribution >= 0.6 is 0 Å². The predicted octanol–water partition coefficient (Wildman–Crippen LogP) is 3.17. The molecule has 1 aliphatic carbocycles. The maximum Gasteiger partial charge on any atom is 0.330 e. The van der Waals surface area contributed by atoms with Gasteiger partial charge in [-0.15, -0.1) is 0 Å². The predicted molar refractivity (Wildman–Crippen MR) is 94.6 cm³/mol. The molecular weight excluding hydrogens is 334 g/mol. The van der Waals surface area contributed by atoms with Crippen LogP contribution in [0.15, 0.2) is 36.4 Å². The van der Waals surface area contributed by atoms with E-state index in [0.29, 0.717) is 30.2 Å². The van der Waals surface area contributed by atoms with Gasteiger partial charge in [0, 0.05) is 12.1 Å². The molecule has 7 heteroatoms. The van der Waals surface area contributed by atoms with Crippen molar-refractivity contribution in [1.29, 1.82) is 0 Å². The Morgan fingerprint density at radius 1 is 1.19 bits per heavy atom. The zero-order valence-corrected chi connectivity index (χ0v) is 14.6. The van der Waals surface area contributed by atoms with E-state index < -0.39 is 11.6 Å². The number of aromatic nitrogens is 1. The minimum atomic E-state index is -0.736. The summed E-state index contributed by atoms with van der Waals surface area (Å²) < 4.78 is 11.1. The van der Waals surface area contributed by atoms with Crippen LogP contribution in [0.3, 0.4) is 0 Å². The molecule has 7 nitrogen and oxygen atoms in total. The first kappa shape index (κ1) is 16.4. The highest BCUT2D eigenvalue weighted by Gasteiger charge is 2.55. The van der Waals surface area contributed by atoms with Crippen LogP contribution in [-0.4, -0.2) is 29.6 Å². The molecule has 1 saturated heterocycles. The van der Waals surface area contributed by atoms with Gasteiger partial charge >= 0.3 is 6.03 Å². The van der Waals surface area contributed by atoms with E-state index in [1.807, 2.05) is 19.1 Å². The highest BCUT2D eigenvalue weighted by Crippen LogP contribution is 2.39. The Balaban J connectivity index is 1.59. The van der Waals surface area contributed by atoms with Gasteiger partial charge in [-0.2, -0.15) is 4.98 Å². The number of aryl methyl sites for hydroxylation is 1. The minimum absolute atomic E-state index is 0.240. The third-order valence-corrected chi connectivity index (χ3v) is 4.91. The molecule has 2 aliphatic rings. The van der Waals surface area contributed by atoms with Gasteiger partial charge in [-0.25, -0.2) is 9.69 Å². The molecule has 1 N–H and O–H groups in total. The van der Waals surface area contributed by atoms with Crippen LogP contribution in [-0.2, 0) is 4.79 Å². The van der Waals surface area contributed by atoms with Gasteiger partial charge in [-0.05, 0) is 43.9 Å². The molecular formula is C19H19N3O4. The fourth-order valence-corrected chi connectivity index (χ4v) is 3.27. The normalized spacial score (nSPS) is 17.8. The van der Waals surface area contributed by atoms with Crippen molar-refractivity contribution < 1.29 is 19.1 Å². The van der Waals surface area contributed by atoms with Crippen LogP contribution in [0.2, 0.25) is 0 Å². The smallest absolute Gasteiger partial charge is 0.330 e. The van der Waals surface area contributed by atoms with Gasteiger partial charge in [0.25, 0.3) is 5.91 Å². The lowest BCUT2D eigenvalue weighted by Gasteiger charge is -2.34. The van der Waals surface area contributed by atoms with E-state index in [4.69, 9.17) is 9.47 Å². The summed E-state index contributed by atoms with van der Waals surface area (Å²) in [7, 11) is 1.60. The standard InChI is InChI=1S/C19H19N3O4/c1-12-7-8-13(11-14(12)25-2)26-16-6-3-5-15(20-16)22-17(23)19(9-4-10-19)21-18(22)24/h3,5-8,11H,4,9-10H2,1-2H3,(H,21,24). The van der Waals surface area contributed by atoms with Crippen molar-refractivity contribution in [1.82, 2.24) is 10.3 Å². The van der Waals surface area contributed by atoms with Gasteiger partial charge in [-0.3, -0.25) is 4.79 Å². The molecule has 3 amide bonds. The third-order valence-electron chi connectivity index (χ3n) is 4.91. The summed E-state index contributed by atoms with van der Waals surface area (Å²) in [6, 6.07) is 10.0. The number of nitrogens with zero attached hydrogens (tertiary/aromatic N) is 2. The number of anilines is 1. The second kappa shape index (κ2) is 6.01. The minimum Gasteiger partial charge on any atom is -0.496 e. The summed E-state index contributed by atoms with van der Waals surface area (Å²) in [5.74, 6) is 1.58. The summed E-state index contributed by atoms with van der Waals surface area (Å²) in [6.07, 6.45) is 2.28. The van der Waals surface area contributed by atoms with Crippen LogP contribution in [0.25, 0.3) is 0 Å². The fourth-order valence-electron chi connectivity index (χ4n) is 3.27. The molecule has 4 rings (SSSR count). The van der Waals surface area contributed by atoms with Gasteiger partial charge in [0.2, 0.25) is 5.88 Å². The number of carbonyl (C=O) groups excluding carboxylic acids is 2. The van der Waals surface area contributed by atoms with E-state index in [2.05, 4.69) is 10.3 Å². The van der Waals surface area contributed by atoms with E-state index in [0.717, 1.165) is 16.9 Å². The number of nitrogens with one attached hydrogen (secondary N) is 1. The second-order valence-electron chi connectivity index (χ2n) is 6.57. The number of amides is 3. The lowest BCUT2D eigenvalue weighted by molar-refractivity contribution is -0.124. The number of urea groups is 1. The van der Waals surface area contributed by atoms with Crippen LogP contribution in [0.1, 0.15) is 24.8 Å². The molecule has 1 aromatic carbocycles. The Bertz CT molecular complexity index is 892. The molecule has 0 radical (unpaired) electrons. The van der Waals surface area contributed by atoms with Crippen LogP contribution < -0.4 is 19.7 Å². The summed E-state index contributed by atoms with van der Waals surface area (Å²) in [4.78, 5) is 30.4. The lowest BCUT2D eigenvalue weighted by atomic mass is 9.77. The Labute approximate surface area is 150 Å². The number of rotatable bonds is 4. The van der Waals surface area contributed by atoms with Crippen molar-refractivity contribution in [2.24, 2.45) is 0 Å². The van der Waals surface area contributed by atoms with Gasteiger partial charge in [-0.1, -0.05) is 12.1 Å². The Kier molecular flexibility index (Phi) is 3.79. The highest BCUT2D eigenvalue weighted by atomic mass is 16.5. The van der Waals surface area contributed by atoms with Crippen molar-refractivity contribution in [3.05, 3.63) is 42.0 Å². The molecule has 2 aromatic rings. The number of ether oxygens (including phenoxy) is 2. The molecule has 2 fully saturated rings. The monoisotopic (exact) mass is 353 g/mol. The van der Waals surface area contributed by atoms with Crippen molar-refractivity contribution in [3.8, 4) is 17.4 Å². The van der Waals surface area contributed by atoms with Crippen LogP contribution in [0.4, 0.5) is 10.6 Å². The zero-order valence-electron chi connectivity index (χ0n) is 14.6. The fraction of sp³-hybridized carbons (Fsp3) is 0.316. The third kappa shape index (κ3) is 2.56. The maximum atomic E-state index is 12.7. The van der Waals surface area contributed by atoms with E-state index in [9.17, 15) is 9.59 Å². The summed E-state index contributed by atoms with van der Waals surface area (Å²) in [6.45, 7) is 1.94. The molecule has 1 spiro atoms. The number of hydrogen-bond acceptors (Lipinski definition) is 5. The van der Waals surface area contributed by atoms with Crippen molar-refractivity contribution in [3.63, 3.8) is 0 Å². The highest BCUT2D eigenvalue weighted by molar-refractivity contribution is 6.23. The summed E-state index contributed by atoms with van der Waals surface area (Å²) in [5, 5.41) is 2.80. The van der Waals surface area contributed by atoms with Gasteiger partial charge in [0.15, 0.2) is 0 Å². The van der Waals surface area contributed by atoms with Crippen molar-refractivity contribution in [2.75, 3.05) is 12.0 Å². The van der Waals surface area contributed by atoms with Crippen LogP contribution in [0, 0.1) is 6.92 Å². The first-order valence-corrected chi connectivity index (χ1v) is 8.49. The molecule has 1 aliphatic heterocycles. The summed E-state index contributed by atoms with van der Waals surface area (Å²) >= 11 is 0. The molecule has 134 valence electrons. The van der Waals surface area contributed by atoms with Gasteiger partial charge in [0.1, 0.15) is 22.9 Å². The van der Waals surface area contributed by atoms with Gasteiger partial charge < -0.3 is 14.8 Å². The molecule has 0 atom stereocenters. The number of pyridine rings is 1. The van der Waals surface area contributed by atoms with E-state index in [-0.39, 0.29) is 11.7 Å². The number of hydrogen-bond donors (Lipinski definition) is 1. The van der Waals surface area contributed by atoms with Gasteiger partial charge in [0.05, 0.1) is 7.11 Å². The summed E-state index contributed by atoms with van der Waals surface area (Å²) in [5.41, 5.74) is 0.256. The maximum absolute atomic E-state index is 12.7. The first-order valence-electron chi connectivity index (χ1n) is 8.49. The van der Waals surface area contributed by atoms with Crippen LogP contribution in [0.5, 0.6) is 17.4 Å². The quantitative estimate of drug-likeness (QED) is 0.854. The van der Waals surface area contributed by atoms with E-state index in [1.54, 1.807) is 31.4 Å². The molecule has 1 saturated carbocycles. The zero-order chi connectivity index (χ0) is 18.3. The molecule has 0 bridgehead atoms. The average Bonchev–Trinajstić information content (AvgIpc) is 2.88. The van der Waals surface area contributed by atoms with Crippen molar-refractivity contribution in [2.45, 2.75) is 31.7 Å². The van der Waals surface area contributed by atoms with Crippen molar-refractivity contribution >= 4 is 17.8 Å². The molecule has 2 heterocycles. The number of methoxy groups -OCH3 is 1. The van der Waals surface area contributed by atoms with E-state index in [1.165, 1.54) is 0 Å². The topological polar surface area (TPSA) is 80.8 Å². The Morgan fingerprint density at radius 3 is 2.65 bits per heavy atom. The molecule has 0 unspecified atom stereocenters. The average molecular weight is 353 g/mol. The number of benzene rings is 1. The lowest BCUT2D eigenvalue weighted by Crippen LogP contribution is -2.52. The molecule has 1 aromatic heterocycles. The Hall–Kier alpha value is -3.09.